The molecular formula is C6H9FS. The SMILES string of the molecule is C/C(S)=C/C=C(\C)F. The van der Waals surface area contributed by atoms with Gasteiger partial charge in [0.1, 0.15) is 0 Å². The Kier molecular flexibility index (Phi) is 3.61. The molecule has 0 atom stereocenters. The normalized spacial score (nSPS) is 14.5. The summed E-state index contributed by atoms with van der Waals surface area (Å²) < 4.78 is 11.8. The van der Waals surface area contributed by atoms with Crippen molar-refractivity contribution in [2.75, 3.05) is 0 Å². The van der Waals surface area contributed by atoms with Gasteiger partial charge in [0.2, 0.25) is 0 Å². The highest BCUT2D eigenvalue weighted by Crippen LogP contribution is 2.00. The first kappa shape index (κ1) is 7.76. The van der Waals surface area contributed by atoms with E-state index in [4.69, 9.17) is 0 Å². The molecule has 0 bridgehead atoms. The van der Waals surface area contributed by atoms with Crippen LogP contribution in [0.1, 0.15) is 13.8 Å². The molecule has 0 rings (SSSR count). The minimum atomic E-state index is -0.196. The van der Waals surface area contributed by atoms with Crippen LogP contribution >= 0.6 is 12.6 Å². The Morgan fingerprint density at radius 2 is 1.88 bits per heavy atom. The lowest BCUT2D eigenvalue weighted by Gasteiger charge is -1.80. The van der Waals surface area contributed by atoms with Crippen molar-refractivity contribution in [1.82, 2.24) is 0 Å². The molecule has 0 aromatic carbocycles. The average Bonchev–Trinajstić information content (AvgIpc) is 1.61. The zero-order valence-corrected chi connectivity index (χ0v) is 5.87. The molecule has 0 nitrogen and oxygen atoms in total. The van der Waals surface area contributed by atoms with Crippen molar-refractivity contribution in [2.24, 2.45) is 0 Å². The Morgan fingerprint density at radius 3 is 2.00 bits per heavy atom. The quantitative estimate of drug-likeness (QED) is 0.411. The van der Waals surface area contributed by atoms with Gasteiger partial charge in [0, 0.05) is 0 Å². The van der Waals surface area contributed by atoms with Crippen molar-refractivity contribution in [2.45, 2.75) is 13.8 Å². The van der Waals surface area contributed by atoms with Crippen LogP contribution in [0, 0.1) is 0 Å². The second kappa shape index (κ2) is 3.72. The Bertz CT molecular complexity index is 100. The molecule has 0 aliphatic carbocycles. The fourth-order valence-corrected chi connectivity index (χ4v) is 0.310. The van der Waals surface area contributed by atoms with Crippen molar-refractivity contribution >= 4 is 12.6 Å². The average molecular weight is 132 g/mol. The summed E-state index contributed by atoms with van der Waals surface area (Å²) in [7, 11) is 0. The van der Waals surface area contributed by atoms with Crippen molar-refractivity contribution in [3.63, 3.8) is 0 Å². The second-order valence-corrected chi connectivity index (χ2v) is 2.27. The Labute approximate surface area is 54.5 Å². The van der Waals surface area contributed by atoms with E-state index in [1.54, 1.807) is 13.0 Å². The minimum absolute atomic E-state index is 0.196. The van der Waals surface area contributed by atoms with Gasteiger partial charge in [-0.25, -0.2) is 4.39 Å². The first-order valence-corrected chi connectivity index (χ1v) is 2.77. The van der Waals surface area contributed by atoms with Gasteiger partial charge in [-0.1, -0.05) is 6.08 Å². The van der Waals surface area contributed by atoms with Crippen LogP contribution in [0.2, 0.25) is 0 Å². The van der Waals surface area contributed by atoms with Crippen LogP contribution in [0.15, 0.2) is 22.9 Å². The predicted octanol–water partition coefficient (Wildman–Crippen LogP) is 2.69. The first-order chi connectivity index (χ1) is 3.63. The van der Waals surface area contributed by atoms with Gasteiger partial charge in [0.15, 0.2) is 0 Å². The van der Waals surface area contributed by atoms with Gasteiger partial charge in [0.25, 0.3) is 0 Å². The molecule has 46 valence electrons. The second-order valence-electron chi connectivity index (χ2n) is 1.56. The lowest BCUT2D eigenvalue weighted by molar-refractivity contribution is 0.640. The zero-order chi connectivity index (χ0) is 6.57. The van der Waals surface area contributed by atoms with Crippen LogP contribution in [0.5, 0.6) is 0 Å². The van der Waals surface area contributed by atoms with Crippen LogP contribution in [0.3, 0.4) is 0 Å². The first-order valence-electron chi connectivity index (χ1n) is 2.32. The van der Waals surface area contributed by atoms with E-state index in [2.05, 4.69) is 12.6 Å². The summed E-state index contributed by atoms with van der Waals surface area (Å²) >= 11 is 3.92. The van der Waals surface area contributed by atoms with E-state index in [9.17, 15) is 4.39 Å². The molecule has 0 spiro atoms. The molecule has 0 radical (unpaired) electrons. The summed E-state index contributed by atoms with van der Waals surface area (Å²) in [6, 6.07) is 0. The van der Waals surface area contributed by atoms with E-state index < -0.39 is 0 Å². The maximum absolute atomic E-state index is 11.8. The van der Waals surface area contributed by atoms with E-state index in [0.717, 1.165) is 4.91 Å². The van der Waals surface area contributed by atoms with Crippen molar-refractivity contribution in [1.29, 1.82) is 0 Å². The molecule has 0 aromatic heterocycles. The number of rotatable bonds is 1. The molecule has 8 heavy (non-hydrogen) atoms. The highest BCUT2D eigenvalue weighted by molar-refractivity contribution is 7.84. The van der Waals surface area contributed by atoms with Gasteiger partial charge >= 0.3 is 0 Å². The summed E-state index contributed by atoms with van der Waals surface area (Å²) in [5.74, 6) is -0.196. The van der Waals surface area contributed by atoms with Gasteiger partial charge < -0.3 is 0 Å². The predicted molar refractivity (Wildman–Crippen MR) is 37.6 cm³/mol. The minimum Gasteiger partial charge on any atom is -0.212 e. The highest BCUT2D eigenvalue weighted by Gasteiger charge is 1.76. The molecular weight excluding hydrogens is 123 g/mol. The van der Waals surface area contributed by atoms with Crippen LogP contribution in [-0.2, 0) is 0 Å². The molecule has 0 saturated heterocycles. The Morgan fingerprint density at radius 1 is 1.38 bits per heavy atom. The third-order valence-corrected chi connectivity index (χ3v) is 0.703. The van der Waals surface area contributed by atoms with Crippen LogP contribution in [0.4, 0.5) is 4.39 Å². The van der Waals surface area contributed by atoms with E-state index >= 15 is 0 Å². The fraction of sp³-hybridized carbons (Fsp3) is 0.333. The lowest BCUT2D eigenvalue weighted by atomic mass is 10.4. The smallest absolute Gasteiger partial charge is 0.0968 e. The summed E-state index contributed by atoms with van der Waals surface area (Å²) in [5, 5.41) is 0. The topological polar surface area (TPSA) is 0 Å². The Hall–Kier alpha value is -0.240. The third-order valence-electron chi connectivity index (χ3n) is 0.554. The molecule has 0 saturated carbocycles. The van der Waals surface area contributed by atoms with Crippen LogP contribution in [-0.4, -0.2) is 0 Å². The van der Waals surface area contributed by atoms with Crippen molar-refractivity contribution in [3.05, 3.63) is 22.9 Å². The standard InChI is InChI=1S/C6H9FS/c1-5(7)3-4-6(2)8/h3-4,8H,1-2H3/b5-3+,6-4-. The van der Waals surface area contributed by atoms with Crippen molar-refractivity contribution < 1.29 is 4.39 Å². The molecule has 0 unspecified atom stereocenters. The molecule has 0 N–H and O–H groups in total. The molecule has 0 aliphatic rings. The van der Waals surface area contributed by atoms with Gasteiger partial charge in [0.05, 0.1) is 5.83 Å². The summed E-state index contributed by atoms with van der Waals surface area (Å²) in [6.07, 6.45) is 2.99. The third kappa shape index (κ3) is 5.76. The molecule has 0 aliphatic heterocycles. The largest absolute Gasteiger partial charge is 0.212 e. The molecule has 0 aromatic rings. The Balaban J connectivity index is 3.76. The highest BCUT2D eigenvalue weighted by atomic mass is 32.1. The number of allylic oxidation sites excluding steroid dienone is 4. The van der Waals surface area contributed by atoms with Crippen molar-refractivity contribution in [3.8, 4) is 0 Å². The van der Waals surface area contributed by atoms with E-state index in [1.165, 1.54) is 13.0 Å². The van der Waals surface area contributed by atoms with Crippen LogP contribution < -0.4 is 0 Å². The van der Waals surface area contributed by atoms with E-state index in [1.807, 2.05) is 0 Å². The van der Waals surface area contributed by atoms with Gasteiger partial charge in [-0.2, -0.15) is 0 Å². The molecule has 0 fully saturated rings. The fourth-order valence-electron chi connectivity index (χ4n) is 0.235. The summed E-state index contributed by atoms with van der Waals surface area (Å²) in [4.78, 5) is 0.807. The van der Waals surface area contributed by atoms with Gasteiger partial charge in [-0.3, -0.25) is 0 Å². The number of hydrogen-bond donors (Lipinski definition) is 1. The number of hydrogen-bond acceptors (Lipinski definition) is 1. The van der Waals surface area contributed by atoms with Gasteiger partial charge in [-0.15, -0.1) is 12.6 Å². The lowest BCUT2D eigenvalue weighted by Crippen LogP contribution is -1.58. The summed E-state index contributed by atoms with van der Waals surface area (Å²) in [6.45, 7) is 3.19. The molecule has 0 heterocycles. The van der Waals surface area contributed by atoms with E-state index in [0.29, 0.717) is 0 Å². The molecule has 0 amide bonds. The number of halogens is 1. The number of thiol groups is 1. The van der Waals surface area contributed by atoms with E-state index in [-0.39, 0.29) is 5.83 Å². The molecule has 2 heteroatoms. The zero-order valence-electron chi connectivity index (χ0n) is 4.98. The van der Waals surface area contributed by atoms with Crippen LogP contribution in [0.25, 0.3) is 0 Å². The summed E-state index contributed by atoms with van der Waals surface area (Å²) in [5.41, 5.74) is 0. The maximum Gasteiger partial charge on any atom is 0.0968 e. The maximum atomic E-state index is 11.8. The monoisotopic (exact) mass is 132 g/mol. The van der Waals surface area contributed by atoms with Gasteiger partial charge in [-0.05, 0) is 24.8 Å².